The van der Waals surface area contributed by atoms with Crippen LogP contribution in [0.1, 0.15) is 23.8 Å². The molecule has 114 valence electrons. The number of ether oxygens (including phenoxy) is 1. The van der Waals surface area contributed by atoms with E-state index >= 15 is 0 Å². The topological polar surface area (TPSA) is 42.4 Å². The fraction of sp³-hybridized carbons (Fsp3) is 0.333. The summed E-state index contributed by atoms with van der Waals surface area (Å²) in [5.41, 5.74) is 2.09. The van der Waals surface area contributed by atoms with Gasteiger partial charge in [-0.3, -0.25) is 9.78 Å². The van der Waals surface area contributed by atoms with Crippen molar-refractivity contribution < 1.29 is 9.53 Å². The molecule has 1 aliphatic heterocycles. The third-order valence-electron chi connectivity index (χ3n) is 3.91. The van der Waals surface area contributed by atoms with Crippen LogP contribution in [0.25, 0.3) is 0 Å². The first-order valence-corrected chi connectivity index (χ1v) is 7.67. The molecule has 22 heavy (non-hydrogen) atoms. The van der Waals surface area contributed by atoms with Crippen molar-refractivity contribution in [1.29, 1.82) is 0 Å². The molecule has 1 saturated heterocycles. The Hall–Kier alpha value is -2.20. The Balaban J connectivity index is 1.56. The van der Waals surface area contributed by atoms with E-state index in [-0.39, 0.29) is 12.0 Å². The number of hydrogen-bond acceptors (Lipinski definition) is 3. The Labute approximate surface area is 130 Å². The van der Waals surface area contributed by atoms with Crippen LogP contribution in [0.15, 0.2) is 54.7 Å². The first-order chi connectivity index (χ1) is 10.8. The lowest BCUT2D eigenvalue weighted by Gasteiger charge is -2.32. The zero-order chi connectivity index (χ0) is 15.2. The molecule has 1 aromatic carbocycles. The van der Waals surface area contributed by atoms with Crippen LogP contribution in [0.2, 0.25) is 0 Å². The first-order valence-electron chi connectivity index (χ1n) is 7.67. The molecule has 0 radical (unpaired) electrons. The van der Waals surface area contributed by atoms with Gasteiger partial charge in [0.25, 0.3) is 0 Å². The molecular formula is C18H20N2O2. The van der Waals surface area contributed by atoms with Gasteiger partial charge in [0.1, 0.15) is 6.10 Å². The van der Waals surface area contributed by atoms with Crippen LogP contribution in [0.5, 0.6) is 0 Å². The summed E-state index contributed by atoms with van der Waals surface area (Å²) < 4.78 is 5.75. The van der Waals surface area contributed by atoms with Gasteiger partial charge in [-0.05, 0) is 24.1 Å². The standard InChI is InChI=1S/C18H20N2O2/c21-18(10-9-15-6-2-1-3-7-15)20-12-13-22-17(14-20)16-8-4-5-11-19-16/h1-8,11,17H,9-10,12-14H2/t17-/m1/s1. The summed E-state index contributed by atoms with van der Waals surface area (Å²) in [7, 11) is 0. The lowest BCUT2D eigenvalue weighted by atomic mass is 10.1. The monoisotopic (exact) mass is 296 g/mol. The van der Waals surface area contributed by atoms with Crippen molar-refractivity contribution in [3.63, 3.8) is 0 Å². The molecule has 4 nitrogen and oxygen atoms in total. The SMILES string of the molecule is O=C(CCc1ccccc1)N1CCO[C@@H](c2ccccn2)C1. The van der Waals surface area contributed by atoms with Gasteiger partial charge < -0.3 is 9.64 Å². The van der Waals surface area contributed by atoms with E-state index in [4.69, 9.17) is 4.74 Å². The van der Waals surface area contributed by atoms with Crippen LogP contribution in [0.3, 0.4) is 0 Å². The molecule has 0 aliphatic carbocycles. The maximum Gasteiger partial charge on any atom is 0.223 e. The highest BCUT2D eigenvalue weighted by Gasteiger charge is 2.25. The number of amides is 1. The fourth-order valence-electron chi connectivity index (χ4n) is 2.68. The number of benzene rings is 1. The first kappa shape index (κ1) is 14.7. The van der Waals surface area contributed by atoms with Gasteiger partial charge in [-0.15, -0.1) is 0 Å². The number of aryl methyl sites for hydroxylation is 1. The van der Waals surface area contributed by atoms with Gasteiger partial charge in [-0.25, -0.2) is 0 Å². The largest absolute Gasteiger partial charge is 0.368 e. The van der Waals surface area contributed by atoms with Crippen LogP contribution < -0.4 is 0 Å². The van der Waals surface area contributed by atoms with Crippen molar-refractivity contribution in [2.45, 2.75) is 18.9 Å². The summed E-state index contributed by atoms with van der Waals surface area (Å²) in [5.74, 6) is 0.188. The second kappa shape index (κ2) is 7.18. The quantitative estimate of drug-likeness (QED) is 0.871. The highest BCUT2D eigenvalue weighted by atomic mass is 16.5. The van der Waals surface area contributed by atoms with E-state index in [0.29, 0.717) is 26.1 Å². The number of carbonyl (C=O) groups is 1. The van der Waals surface area contributed by atoms with Crippen molar-refractivity contribution in [2.75, 3.05) is 19.7 Å². The highest BCUT2D eigenvalue weighted by Crippen LogP contribution is 2.20. The van der Waals surface area contributed by atoms with E-state index in [1.54, 1.807) is 6.20 Å². The minimum atomic E-state index is -0.115. The lowest BCUT2D eigenvalue weighted by Crippen LogP contribution is -2.42. The van der Waals surface area contributed by atoms with Crippen LogP contribution in [-0.2, 0) is 16.0 Å². The zero-order valence-electron chi connectivity index (χ0n) is 12.5. The lowest BCUT2D eigenvalue weighted by molar-refractivity contribution is -0.139. The molecule has 0 saturated carbocycles. The average molecular weight is 296 g/mol. The maximum atomic E-state index is 12.4. The Bertz CT molecular complexity index is 601. The van der Waals surface area contributed by atoms with Gasteiger partial charge in [0, 0.05) is 19.2 Å². The van der Waals surface area contributed by atoms with Crippen LogP contribution in [0.4, 0.5) is 0 Å². The van der Waals surface area contributed by atoms with Crippen molar-refractivity contribution in [2.24, 2.45) is 0 Å². The summed E-state index contributed by atoms with van der Waals surface area (Å²) in [6.45, 7) is 1.82. The number of pyridine rings is 1. The Morgan fingerprint density at radius 2 is 2.00 bits per heavy atom. The van der Waals surface area contributed by atoms with Crippen molar-refractivity contribution >= 4 is 5.91 Å². The van der Waals surface area contributed by atoms with E-state index in [1.807, 2.05) is 41.3 Å². The molecular weight excluding hydrogens is 276 g/mol. The molecule has 4 heteroatoms. The maximum absolute atomic E-state index is 12.4. The van der Waals surface area contributed by atoms with E-state index < -0.39 is 0 Å². The Morgan fingerprint density at radius 1 is 1.18 bits per heavy atom. The van der Waals surface area contributed by atoms with Gasteiger partial charge in [0.05, 0.1) is 18.8 Å². The smallest absolute Gasteiger partial charge is 0.223 e. The minimum absolute atomic E-state index is 0.115. The number of carbonyl (C=O) groups excluding carboxylic acids is 1. The molecule has 0 spiro atoms. The van der Waals surface area contributed by atoms with Gasteiger partial charge >= 0.3 is 0 Å². The van der Waals surface area contributed by atoms with Crippen molar-refractivity contribution in [1.82, 2.24) is 9.88 Å². The molecule has 1 amide bonds. The third-order valence-corrected chi connectivity index (χ3v) is 3.91. The molecule has 2 heterocycles. The van der Waals surface area contributed by atoms with Crippen LogP contribution >= 0.6 is 0 Å². The molecule has 1 aromatic heterocycles. The Morgan fingerprint density at radius 3 is 2.77 bits per heavy atom. The minimum Gasteiger partial charge on any atom is -0.368 e. The predicted molar refractivity (Wildman–Crippen MR) is 84.3 cm³/mol. The average Bonchev–Trinajstić information content (AvgIpc) is 2.61. The van der Waals surface area contributed by atoms with E-state index in [0.717, 1.165) is 12.1 Å². The van der Waals surface area contributed by atoms with Crippen molar-refractivity contribution in [3.8, 4) is 0 Å². The molecule has 0 N–H and O–H groups in total. The molecule has 1 fully saturated rings. The summed E-state index contributed by atoms with van der Waals surface area (Å²) >= 11 is 0. The molecule has 3 rings (SSSR count). The molecule has 0 unspecified atom stereocenters. The molecule has 2 aromatic rings. The molecule has 0 bridgehead atoms. The van der Waals surface area contributed by atoms with Gasteiger partial charge in [-0.2, -0.15) is 0 Å². The normalized spacial score (nSPS) is 18.2. The highest BCUT2D eigenvalue weighted by molar-refractivity contribution is 5.76. The van der Waals surface area contributed by atoms with Gasteiger partial charge in [-0.1, -0.05) is 36.4 Å². The third kappa shape index (κ3) is 3.71. The van der Waals surface area contributed by atoms with Gasteiger partial charge in [0.2, 0.25) is 5.91 Å². The zero-order valence-corrected chi connectivity index (χ0v) is 12.5. The Kier molecular flexibility index (Phi) is 4.81. The van der Waals surface area contributed by atoms with E-state index in [9.17, 15) is 4.79 Å². The number of hydrogen-bond donors (Lipinski definition) is 0. The van der Waals surface area contributed by atoms with E-state index in [1.165, 1.54) is 5.56 Å². The summed E-state index contributed by atoms with van der Waals surface area (Å²) in [4.78, 5) is 18.6. The van der Waals surface area contributed by atoms with Crippen LogP contribution in [-0.4, -0.2) is 35.5 Å². The second-order valence-corrected chi connectivity index (χ2v) is 5.44. The second-order valence-electron chi connectivity index (χ2n) is 5.44. The molecule has 1 aliphatic rings. The van der Waals surface area contributed by atoms with Gasteiger partial charge in [0.15, 0.2) is 0 Å². The number of morpholine rings is 1. The number of nitrogens with zero attached hydrogens (tertiary/aromatic N) is 2. The summed E-state index contributed by atoms with van der Waals surface area (Å²) in [6.07, 6.45) is 2.97. The number of rotatable bonds is 4. The van der Waals surface area contributed by atoms with Crippen LogP contribution in [0, 0.1) is 0 Å². The van der Waals surface area contributed by atoms with E-state index in [2.05, 4.69) is 17.1 Å². The van der Waals surface area contributed by atoms with Crippen molar-refractivity contribution in [3.05, 3.63) is 66.0 Å². The predicted octanol–water partition coefficient (Wildman–Crippen LogP) is 2.61. The fourth-order valence-corrected chi connectivity index (χ4v) is 2.68. The summed E-state index contributed by atoms with van der Waals surface area (Å²) in [6, 6.07) is 15.9. The molecule has 1 atom stereocenters. The summed E-state index contributed by atoms with van der Waals surface area (Å²) in [5, 5.41) is 0. The number of aromatic nitrogens is 1.